The minimum atomic E-state index is -0.108. The van der Waals surface area contributed by atoms with Crippen molar-refractivity contribution in [3.8, 4) is 0 Å². The molecule has 0 saturated heterocycles. The summed E-state index contributed by atoms with van der Waals surface area (Å²) in [7, 11) is 0. The first-order valence-electron chi connectivity index (χ1n) is 5.90. The van der Waals surface area contributed by atoms with E-state index in [-0.39, 0.29) is 12.1 Å². The van der Waals surface area contributed by atoms with Gasteiger partial charge in [-0.05, 0) is 44.0 Å². The van der Waals surface area contributed by atoms with Crippen molar-refractivity contribution in [3.63, 3.8) is 0 Å². The zero-order valence-corrected chi connectivity index (χ0v) is 11.8. The third-order valence-electron chi connectivity index (χ3n) is 2.84. The molecule has 0 amide bonds. The summed E-state index contributed by atoms with van der Waals surface area (Å²) in [5, 5.41) is 12.2. The Bertz CT molecular complexity index is 329. The van der Waals surface area contributed by atoms with Crippen LogP contribution >= 0.6 is 15.9 Å². The van der Waals surface area contributed by atoms with E-state index in [2.05, 4.69) is 40.3 Å². The number of rotatable bonds is 7. The number of halogens is 1. The largest absolute Gasteiger partial charge is 0.396 e. The minimum absolute atomic E-state index is 0.108. The van der Waals surface area contributed by atoms with E-state index in [9.17, 15) is 0 Å². The van der Waals surface area contributed by atoms with Crippen LogP contribution in [-0.2, 0) is 6.42 Å². The van der Waals surface area contributed by atoms with Gasteiger partial charge in [0.2, 0.25) is 0 Å². The van der Waals surface area contributed by atoms with Crippen LogP contribution in [0.1, 0.15) is 18.9 Å². The SMILES string of the molecule is CC(CN)(Cc1ccc(Br)cc1)NCCCO. The summed E-state index contributed by atoms with van der Waals surface area (Å²) in [5.41, 5.74) is 6.99. The fourth-order valence-corrected chi connectivity index (χ4v) is 1.99. The Kier molecular flexibility index (Phi) is 6.12. The van der Waals surface area contributed by atoms with Crippen LogP contribution in [0.4, 0.5) is 0 Å². The molecule has 0 aliphatic carbocycles. The molecular weight excluding hydrogens is 280 g/mol. The molecule has 96 valence electrons. The lowest BCUT2D eigenvalue weighted by Gasteiger charge is -2.29. The molecule has 4 heteroatoms. The number of hydrogen-bond acceptors (Lipinski definition) is 3. The summed E-state index contributed by atoms with van der Waals surface area (Å²) in [4.78, 5) is 0. The molecular formula is C13H21BrN2O. The number of aliphatic hydroxyl groups excluding tert-OH is 1. The first kappa shape index (κ1) is 14.6. The number of benzene rings is 1. The average Bonchev–Trinajstić information content (AvgIpc) is 2.33. The van der Waals surface area contributed by atoms with Crippen molar-refractivity contribution in [2.75, 3.05) is 19.7 Å². The predicted molar refractivity (Wildman–Crippen MR) is 75.0 cm³/mol. The van der Waals surface area contributed by atoms with E-state index in [1.54, 1.807) is 0 Å². The van der Waals surface area contributed by atoms with Crippen LogP contribution < -0.4 is 11.1 Å². The quantitative estimate of drug-likeness (QED) is 0.672. The normalized spacial score (nSPS) is 14.6. The molecule has 0 fully saturated rings. The van der Waals surface area contributed by atoms with Crippen LogP contribution in [0.2, 0.25) is 0 Å². The lowest BCUT2D eigenvalue weighted by Crippen LogP contribution is -2.50. The van der Waals surface area contributed by atoms with Crippen molar-refractivity contribution in [2.45, 2.75) is 25.3 Å². The van der Waals surface area contributed by atoms with Gasteiger partial charge in [-0.1, -0.05) is 28.1 Å². The van der Waals surface area contributed by atoms with E-state index in [1.807, 2.05) is 12.1 Å². The number of nitrogens with two attached hydrogens (primary N) is 1. The van der Waals surface area contributed by atoms with E-state index >= 15 is 0 Å². The van der Waals surface area contributed by atoms with E-state index in [0.717, 1.165) is 23.9 Å². The van der Waals surface area contributed by atoms with Crippen LogP contribution in [0.25, 0.3) is 0 Å². The minimum Gasteiger partial charge on any atom is -0.396 e. The van der Waals surface area contributed by atoms with Gasteiger partial charge >= 0.3 is 0 Å². The molecule has 0 radical (unpaired) electrons. The smallest absolute Gasteiger partial charge is 0.0443 e. The zero-order chi connectivity index (χ0) is 12.7. The Hall–Kier alpha value is -0.420. The molecule has 1 rings (SSSR count). The standard InChI is InChI=1S/C13H21BrN2O/c1-13(10-15,16-7-2-8-17)9-11-3-5-12(14)6-4-11/h3-6,16-17H,2,7-10,15H2,1H3. The van der Waals surface area contributed by atoms with E-state index < -0.39 is 0 Å². The summed E-state index contributed by atoms with van der Waals surface area (Å²) < 4.78 is 1.09. The molecule has 1 aromatic rings. The van der Waals surface area contributed by atoms with Crippen molar-refractivity contribution in [2.24, 2.45) is 5.73 Å². The van der Waals surface area contributed by atoms with Crippen molar-refractivity contribution >= 4 is 15.9 Å². The Morgan fingerprint density at radius 3 is 2.53 bits per heavy atom. The second kappa shape index (κ2) is 7.11. The van der Waals surface area contributed by atoms with Gasteiger partial charge in [0.05, 0.1) is 0 Å². The summed E-state index contributed by atoms with van der Waals surface area (Å²) in [6, 6.07) is 8.29. The van der Waals surface area contributed by atoms with E-state index in [1.165, 1.54) is 5.56 Å². The molecule has 1 unspecified atom stereocenters. The Balaban J connectivity index is 2.58. The number of aliphatic hydroxyl groups is 1. The van der Waals surface area contributed by atoms with Crippen LogP contribution in [0, 0.1) is 0 Å². The molecule has 1 aromatic carbocycles. The maximum atomic E-state index is 8.78. The molecule has 3 nitrogen and oxygen atoms in total. The molecule has 0 saturated carbocycles. The fraction of sp³-hybridized carbons (Fsp3) is 0.538. The number of nitrogens with one attached hydrogen (secondary N) is 1. The molecule has 1 atom stereocenters. The third-order valence-corrected chi connectivity index (χ3v) is 3.37. The molecule has 0 bridgehead atoms. The molecule has 0 aromatic heterocycles. The molecule has 0 heterocycles. The molecule has 0 spiro atoms. The highest BCUT2D eigenvalue weighted by Gasteiger charge is 2.21. The second-order valence-corrected chi connectivity index (χ2v) is 5.49. The Morgan fingerprint density at radius 2 is 2.00 bits per heavy atom. The topological polar surface area (TPSA) is 58.3 Å². The van der Waals surface area contributed by atoms with Gasteiger partial charge in [-0.2, -0.15) is 0 Å². The second-order valence-electron chi connectivity index (χ2n) is 4.57. The molecule has 4 N–H and O–H groups in total. The van der Waals surface area contributed by atoms with Crippen LogP contribution in [-0.4, -0.2) is 30.3 Å². The highest BCUT2D eigenvalue weighted by atomic mass is 79.9. The summed E-state index contributed by atoms with van der Waals surface area (Å²) in [6.45, 7) is 3.70. The number of hydrogen-bond donors (Lipinski definition) is 3. The maximum Gasteiger partial charge on any atom is 0.0443 e. The van der Waals surface area contributed by atoms with Crippen LogP contribution in [0.5, 0.6) is 0 Å². The van der Waals surface area contributed by atoms with Gasteiger partial charge < -0.3 is 16.2 Å². The van der Waals surface area contributed by atoms with Crippen molar-refractivity contribution in [3.05, 3.63) is 34.3 Å². The maximum absolute atomic E-state index is 8.78. The molecule has 0 aliphatic rings. The highest BCUT2D eigenvalue weighted by molar-refractivity contribution is 9.10. The van der Waals surface area contributed by atoms with Crippen molar-refractivity contribution in [1.29, 1.82) is 0 Å². The highest BCUT2D eigenvalue weighted by Crippen LogP contribution is 2.16. The van der Waals surface area contributed by atoms with Crippen molar-refractivity contribution in [1.82, 2.24) is 5.32 Å². The van der Waals surface area contributed by atoms with Gasteiger partial charge in [0.1, 0.15) is 0 Å². The van der Waals surface area contributed by atoms with E-state index in [0.29, 0.717) is 6.54 Å². The molecule has 17 heavy (non-hydrogen) atoms. The monoisotopic (exact) mass is 300 g/mol. The lowest BCUT2D eigenvalue weighted by molar-refractivity contribution is 0.271. The van der Waals surface area contributed by atoms with Crippen LogP contribution in [0.15, 0.2) is 28.7 Å². The van der Waals surface area contributed by atoms with Gasteiger partial charge in [0.25, 0.3) is 0 Å². The Labute approximate surface area is 112 Å². The summed E-state index contributed by atoms with van der Waals surface area (Å²) in [5.74, 6) is 0. The van der Waals surface area contributed by atoms with Gasteiger partial charge in [-0.3, -0.25) is 0 Å². The average molecular weight is 301 g/mol. The van der Waals surface area contributed by atoms with Gasteiger partial charge in [0, 0.05) is 23.2 Å². The zero-order valence-electron chi connectivity index (χ0n) is 10.2. The van der Waals surface area contributed by atoms with Crippen molar-refractivity contribution < 1.29 is 5.11 Å². The first-order chi connectivity index (χ1) is 8.09. The first-order valence-corrected chi connectivity index (χ1v) is 6.69. The van der Waals surface area contributed by atoms with Gasteiger partial charge in [0.15, 0.2) is 0 Å². The van der Waals surface area contributed by atoms with Gasteiger partial charge in [-0.15, -0.1) is 0 Å². The van der Waals surface area contributed by atoms with E-state index in [4.69, 9.17) is 10.8 Å². The summed E-state index contributed by atoms with van der Waals surface area (Å²) in [6.07, 6.45) is 1.65. The fourth-order valence-electron chi connectivity index (χ4n) is 1.73. The predicted octanol–water partition coefficient (Wildman–Crippen LogP) is 1.68. The Morgan fingerprint density at radius 1 is 1.35 bits per heavy atom. The third kappa shape index (κ3) is 5.17. The lowest BCUT2D eigenvalue weighted by atomic mass is 9.93. The van der Waals surface area contributed by atoms with Crippen LogP contribution in [0.3, 0.4) is 0 Å². The molecule has 0 aliphatic heterocycles. The summed E-state index contributed by atoms with van der Waals surface area (Å²) >= 11 is 3.43. The van der Waals surface area contributed by atoms with Gasteiger partial charge in [-0.25, -0.2) is 0 Å².